The van der Waals surface area contributed by atoms with E-state index in [0.29, 0.717) is 12.2 Å². The number of aromatic amines is 1. The summed E-state index contributed by atoms with van der Waals surface area (Å²) < 4.78 is 5.40. The Bertz CT molecular complexity index is 289. The molecule has 0 saturated carbocycles. The van der Waals surface area contributed by atoms with Crippen molar-refractivity contribution in [2.24, 2.45) is 0 Å². The second-order valence-electron chi connectivity index (χ2n) is 3.43. The van der Waals surface area contributed by atoms with Crippen LogP contribution in [0.15, 0.2) is 18.3 Å². The van der Waals surface area contributed by atoms with Crippen LogP contribution in [0.25, 0.3) is 0 Å². The summed E-state index contributed by atoms with van der Waals surface area (Å²) in [7, 11) is 0. The lowest BCUT2D eigenvalue weighted by atomic mass is 10.2. The predicted molar refractivity (Wildman–Crippen MR) is 52.1 cm³/mol. The fourth-order valence-electron chi connectivity index (χ4n) is 1.58. The highest BCUT2D eigenvalue weighted by Crippen LogP contribution is 2.10. The van der Waals surface area contributed by atoms with Crippen LogP contribution in [0.3, 0.4) is 0 Å². The van der Waals surface area contributed by atoms with E-state index in [2.05, 4.69) is 10.3 Å². The van der Waals surface area contributed by atoms with E-state index in [-0.39, 0.29) is 12.0 Å². The number of hydrogen-bond donors (Lipinski definition) is 2. The fourth-order valence-corrected chi connectivity index (χ4v) is 1.58. The van der Waals surface area contributed by atoms with Gasteiger partial charge in [0.1, 0.15) is 5.69 Å². The molecule has 76 valence electrons. The zero-order chi connectivity index (χ0) is 9.80. The van der Waals surface area contributed by atoms with Crippen LogP contribution < -0.4 is 5.32 Å². The molecule has 1 aliphatic rings. The Balaban J connectivity index is 1.78. The van der Waals surface area contributed by atoms with Crippen LogP contribution in [0.2, 0.25) is 0 Å². The lowest BCUT2D eigenvalue weighted by molar-refractivity contribution is 0.0854. The summed E-state index contributed by atoms with van der Waals surface area (Å²) in [5.41, 5.74) is 0.600. The molecule has 1 aromatic heterocycles. The van der Waals surface area contributed by atoms with E-state index < -0.39 is 0 Å². The van der Waals surface area contributed by atoms with Gasteiger partial charge in [0.25, 0.3) is 5.91 Å². The molecule has 14 heavy (non-hydrogen) atoms. The first-order valence-corrected chi connectivity index (χ1v) is 4.89. The number of ether oxygens (including phenoxy) is 1. The van der Waals surface area contributed by atoms with Crippen molar-refractivity contribution in [3.63, 3.8) is 0 Å². The second kappa shape index (κ2) is 4.28. The van der Waals surface area contributed by atoms with E-state index in [9.17, 15) is 4.79 Å². The van der Waals surface area contributed by atoms with Gasteiger partial charge in [-0.2, -0.15) is 0 Å². The predicted octanol–water partition coefficient (Wildman–Crippen LogP) is 0.923. The second-order valence-corrected chi connectivity index (χ2v) is 3.43. The smallest absolute Gasteiger partial charge is 0.267 e. The van der Waals surface area contributed by atoms with Crippen molar-refractivity contribution in [3.8, 4) is 0 Å². The molecule has 0 unspecified atom stereocenters. The molecular weight excluding hydrogens is 180 g/mol. The minimum atomic E-state index is -0.0644. The van der Waals surface area contributed by atoms with Crippen molar-refractivity contribution >= 4 is 5.91 Å². The maximum atomic E-state index is 11.5. The van der Waals surface area contributed by atoms with E-state index in [1.54, 1.807) is 18.3 Å². The van der Waals surface area contributed by atoms with Crippen molar-refractivity contribution < 1.29 is 9.53 Å². The van der Waals surface area contributed by atoms with Gasteiger partial charge in [0.2, 0.25) is 0 Å². The molecule has 4 nitrogen and oxygen atoms in total. The van der Waals surface area contributed by atoms with Crippen LogP contribution in [0.1, 0.15) is 23.3 Å². The number of carbonyl (C=O) groups excluding carboxylic acids is 1. The fraction of sp³-hybridized carbons (Fsp3) is 0.500. The molecule has 1 amide bonds. The van der Waals surface area contributed by atoms with Gasteiger partial charge in [-0.15, -0.1) is 0 Å². The van der Waals surface area contributed by atoms with E-state index in [1.807, 2.05) is 0 Å². The summed E-state index contributed by atoms with van der Waals surface area (Å²) in [6.07, 6.45) is 4.09. The van der Waals surface area contributed by atoms with Gasteiger partial charge in [-0.1, -0.05) is 0 Å². The van der Waals surface area contributed by atoms with Crippen molar-refractivity contribution in [2.75, 3.05) is 13.2 Å². The Kier molecular flexibility index (Phi) is 2.84. The molecule has 1 aromatic rings. The SMILES string of the molecule is O=C(NC[C@@H]1CCCO1)c1ccc[nH]1. The van der Waals surface area contributed by atoms with Gasteiger partial charge in [-0.25, -0.2) is 0 Å². The zero-order valence-corrected chi connectivity index (χ0v) is 7.95. The quantitative estimate of drug-likeness (QED) is 0.751. The molecular formula is C10H14N2O2. The first-order chi connectivity index (χ1) is 6.86. The third kappa shape index (κ3) is 2.14. The molecule has 1 saturated heterocycles. The molecule has 1 fully saturated rings. The Morgan fingerprint density at radius 1 is 1.71 bits per heavy atom. The molecule has 0 bridgehead atoms. The molecule has 0 aliphatic carbocycles. The number of amides is 1. The largest absolute Gasteiger partial charge is 0.376 e. The maximum absolute atomic E-state index is 11.5. The van der Waals surface area contributed by atoms with E-state index in [4.69, 9.17) is 4.74 Å². The maximum Gasteiger partial charge on any atom is 0.267 e. The van der Waals surface area contributed by atoms with Crippen molar-refractivity contribution in [1.82, 2.24) is 10.3 Å². The van der Waals surface area contributed by atoms with Gasteiger partial charge in [0, 0.05) is 19.3 Å². The molecule has 0 aromatic carbocycles. The van der Waals surface area contributed by atoms with Crippen LogP contribution in [-0.2, 0) is 4.74 Å². The average Bonchev–Trinajstić information content (AvgIpc) is 2.87. The van der Waals surface area contributed by atoms with Gasteiger partial charge < -0.3 is 15.0 Å². The summed E-state index contributed by atoms with van der Waals surface area (Å²) in [4.78, 5) is 14.3. The standard InChI is InChI=1S/C10H14N2O2/c13-10(9-4-1-5-11-9)12-7-8-3-2-6-14-8/h1,4-5,8,11H,2-3,6-7H2,(H,12,13)/t8-/m0/s1. The van der Waals surface area contributed by atoms with Crippen LogP contribution in [0, 0.1) is 0 Å². The first-order valence-electron chi connectivity index (χ1n) is 4.89. The summed E-state index contributed by atoms with van der Waals surface area (Å²) in [5.74, 6) is -0.0644. The van der Waals surface area contributed by atoms with Gasteiger partial charge >= 0.3 is 0 Å². The highest BCUT2D eigenvalue weighted by Gasteiger charge is 2.16. The van der Waals surface area contributed by atoms with Crippen LogP contribution >= 0.6 is 0 Å². The van der Waals surface area contributed by atoms with Crippen molar-refractivity contribution in [3.05, 3.63) is 24.0 Å². The Labute approximate surface area is 82.6 Å². The minimum absolute atomic E-state index is 0.0644. The summed E-state index contributed by atoms with van der Waals surface area (Å²) in [6.45, 7) is 1.43. The van der Waals surface area contributed by atoms with Gasteiger partial charge in [-0.05, 0) is 25.0 Å². The number of rotatable bonds is 3. The Morgan fingerprint density at radius 2 is 2.64 bits per heavy atom. The Morgan fingerprint density at radius 3 is 3.29 bits per heavy atom. The Hall–Kier alpha value is -1.29. The number of H-pyrrole nitrogens is 1. The number of hydrogen-bond acceptors (Lipinski definition) is 2. The third-order valence-corrected chi connectivity index (χ3v) is 2.36. The normalized spacial score (nSPS) is 21.0. The van der Waals surface area contributed by atoms with Gasteiger partial charge in [-0.3, -0.25) is 4.79 Å². The van der Waals surface area contributed by atoms with E-state index >= 15 is 0 Å². The van der Waals surface area contributed by atoms with E-state index in [1.165, 1.54) is 0 Å². The first kappa shape index (κ1) is 9.27. The van der Waals surface area contributed by atoms with E-state index in [0.717, 1.165) is 19.4 Å². The molecule has 2 rings (SSSR count). The molecule has 2 N–H and O–H groups in total. The topological polar surface area (TPSA) is 54.1 Å². The van der Waals surface area contributed by atoms with Crippen LogP contribution in [0.5, 0.6) is 0 Å². The monoisotopic (exact) mass is 194 g/mol. The third-order valence-electron chi connectivity index (χ3n) is 2.36. The molecule has 1 aliphatic heterocycles. The van der Waals surface area contributed by atoms with Gasteiger partial charge in [0.05, 0.1) is 6.10 Å². The minimum Gasteiger partial charge on any atom is -0.376 e. The van der Waals surface area contributed by atoms with Crippen molar-refractivity contribution in [2.45, 2.75) is 18.9 Å². The number of nitrogens with one attached hydrogen (secondary N) is 2. The summed E-state index contributed by atoms with van der Waals surface area (Å²) >= 11 is 0. The number of carbonyl (C=O) groups is 1. The molecule has 4 heteroatoms. The van der Waals surface area contributed by atoms with Crippen LogP contribution in [-0.4, -0.2) is 30.1 Å². The average molecular weight is 194 g/mol. The molecule has 2 heterocycles. The van der Waals surface area contributed by atoms with Crippen LogP contribution in [0.4, 0.5) is 0 Å². The number of aromatic nitrogens is 1. The molecule has 1 atom stereocenters. The summed E-state index contributed by atoms with van der Waals surface area (Å²) in [5, 5.41) is 2.83. The van der Waals surface area contributed by atoms with Gasteiger partial charge in [0.15, 0.2) is 0 Å². The van der Waals surface area contributed by atoms with Crippen molar-refractivity contribution in [1.29, 1.82) is 0 Å². The zero-order valence-electron chi connectivity index (χ0n) is 7.95. The molecule has 0 spiro atoms. The lowest BCUT2D eigenvalue weighted by Crippen LogP contribution is -2.31. The molecule has 0 radical (unpaired) electrons. The lowest BCUT2D eigenvalue weighted by Gasteiger charge is -2.09. The highest BCUT2D eigenvalue weighted by atomic mass is 16.5. The highest BCUT2D eigenvalue weighted by molar-refractivity contribution is 5.92. The summed E-state index contributed by atoms with van der Waals surface area (Å²) in [6, 6.07) is 3.56.